The molecule has 1 aliphatic rings. The Morgan fingerprint density at radius 3 is 2.76 bits per heavy atom. The molecule has 0 aromatic heterocycles. The maximum Gasteiger partial charge on any atom is 0.321 e. The van der Waals surface area contributed by atoms with Crippen LogP contribution in [0.2, 0.25) is 0 Å². The van der Waals surface area contributed by atoms with E-state index in [9.17, 15) is 4.79 Å². The summed E-state index contributed by atoms with van der Waals surface area (Å²) in [4.78, 5) is 14.2. The van der Waals surface area contributed by atoms with E-state index in [1.165, 1.54) is 0 Å². The lowest BCUT2D eigenvalue weighted by atomic mass is 10.1. The summed E-state index contributed by atoms with van der Waals surface area (Å²) >= 11 is 0. The molecule has 0 bridgehead atoms. The molecule has 1 atom stereocenters. The number of ether oxygens (including phenoxy) is 1. The average molecular weight is 335 g/mol. The first-order chi connectivity index (χ1) is 12.3. The Hall–Kier alpha value is -2.84. The summed E-state index contributed by atoms with van der Waals surface area (Å²) in [6.07, 6.45) is 0.933. The molecule has 0 aliphatic carbocycles. The third-order valence-corrected chi connectivity index (χ3v) is 4.33. The molecule has 1 N–H and O–H groups in total. The van der Waals surface area contributed by atoms with Gasteiger partial charge in [-0.2, -0.15) is 5.26 Å². The van der Waals surface area contributed by atoms with Crippen molar-refractivity contribution < 1.29 is 9.53 Å². The van der Waals surface area contributed by atoms with Crippen LogP contribution in [0.1, 0.15) is 17.5 Å². The number of nitrogens with one attached hydrogen (secondary N) is 1. The number of nitriles is 1. The lowest BCUT2D eigenvalue weighted by molar-refractivity contribution is 0.0900. The molecule has 0 saturated carbocycles. The van der Waals surface area contributed by atoms with E-state index < -0.39 is 0 Å². The maximum atomic E-state index is 12.4. The molecule has 1 saturated heterocycles. The summed E-state index contributed by atoms with van der Waals surface area (Å²) < 4.78 is 5.79. The molecule has 1 aliphatic heterocycles. The molecule has 25 heavy (non-hydrogen) atoms. The fourth-order valence-corrected chi connectivity index (χ4v) is 2.95. The molecule has 128 valence electrons. The fourth-order valence-electron chi connectivity index (χ4n) is 2.95. The number of rotatable bonds is 5. The van der Waals surface area contributed by atoms with Crippen LogP contribution >= 0.6 is 0 Å². The van der Waals surface area contributed by atoms with Gasteiger partial charge in [-0.3, -0.25) is 0 Å². The number of carbonyl (C=O) groups excluding carboxylic acids is 1. The Morgan fingerprint density at radius 1 is 1.20 bits per heavy atom. The standard InChI is InChI=1S/C20H21N3O2/c21-12-18-8-4-5-9-19(18)22-20(24)23-11-10-17(13-23)15-25-14-16-6-2-1-3-7-16/h1-9,17H,10-11,13-15H2,(H,22,24)/t17-/m0/s1. The van der Waals surface area contributed by atoms with Crippen molar-refractivity contribution in [3.63, 3.8) is 0 Å². The lowest BCUT2D eigenvalue weighted by Crippen LogP contribution is -2.33. The molecule has 0 unspecified atom stereocenters. The summed E-state index contributed by atoms with van der Waals surface area (Å²) in [5.41, 5.74) is 2.18. The van der Waals surface area contributed by atoms with E-state index in [1.54, 1.807) is 29.2 Å². The van der Waals surface area contributed by atoms with Gasteiger partial charge in [0.15, 0.2) is 0 Å². The van der Waals surface area contributed by atoms with E-state index in [4.69, 9.17) is 10.00 Å². The van der Waals surface area contributed by atoms with E-state index in [2.05, 4.69) is 11.4 Å². The molecular formula is C20H21N3O2. The van der Waals surface area contributed by atoms with E-state index in [1.807, 2.05) is 30.3 Å². The molecule has 2 aromatic rings. The highest BCUT2D eigenvalue weighted by atomic mass is 16.5. The van der Waals surface area contributed by atoms with Gasteiger partial charge in [-0.25, -0.2) is 4.79 Å². The molecule has 5 nitrogen and oxygen atoms in total. The summed E-state index contributed by atoms with van der Waals surface area (Å²) in [5.74, 6) is 0.348. The predicted octanol–water partition coefficient (Wildman–Crippen LogP) is 3.63. The topological polar surface area (TPSA) is 65.4 Å². The van der Waals surface area contributed by atoms with Crippen LogP contribution in [0, 0.1) is 17.2 Å². The zero-order valence-electron chi connectivity index (χ0n) is 14.0. The van der Waals surface area contributed by atoms with Crippen LogP contribution in [0.15, 0.2) is 54.6 Å². The largest absolute Gasteiger partial charge is 0.376 e. The predicted molar refractivity (Wildman–Crippen MR) is 96.0 cm³/mol. The second kappa shape index (κ2) is 8.32. The first-order valence-corrected chi connectivity index (χ1v) is 8.43. The van der Waals surface area contributed by atoms with Crippen molar-refractivity contribution >= 4 is 11.7 Å². The first-order valence-electron chi connectivity index (χ1n) is 8.43. The number of anilines is 1. The third-order valence-electron chi connectivity index (χ3n) is 4.33. The normalized spacial score (nSPS) is 16.4. The monoisotopic (exact) mass is 335 g/mol. The van der Waals surface area contributed by atoms with Crippen LogP contribution < -0.4 is 5.32 Å². The van der Waals surface area contributed by atoms with Crippen molar-refractivity contribution in [2.45, 2.75) is 13.0 Å². The number of para-hydroxylation sites is 1. The van der Waals surface area contributed by atoms with E-state index in [0.29, 0.717) is 43.5 Å². The first kappa shape index (κ1) is 17.0. The van der Waals surface area contributed by atoms with Gasteiger partial charge in [0.25, 0.3) is 0 Å². The molecular weight excluding hydrogens is 314 g/mol. The number of hydrogen-bond acceptors (Lipinski definition) is 3. The molecule has 5 heteroatoms. The summed E-state index contributed by atoms with van der Waals surface area (Å²) in [6, 6.07) is 19.0. The highest BCUT2D eigenvalue weighted by Gasteiger charge is 2.26. The van der Waals surface area contributed by atoms with Crippen molar-refractivity contribution in [2.75, 3.05) is 25.0 Å². The van der Waals surface area contributed by atoms with Gasteiger partial charge in [0, 0.05) is 19.0 Å². The number of amides is 2. The highest BCUT2D eigenvalue weighted by Crippen LogP contribution is 2.20. The van der Waals surface area contributed by atoms with Gasteiger partial charge >= 0.3 is 6.03 Å². The number of likely N-dealkylation sites (tertiary alicyclic amines) is 1. The second-order valence-corrected chi connectivity index (χ2v) is 6.19. The third kappa shape index (κ3) is 4.59. The number of nitrogens with zero attached hydrogens (tertiary/aromatic N) is 2. The number of urea groups is 1. The Bertz CT molecular complexity index is 755. The van der Waals surface area contributed by atoms with Crippen molar-refractivity contribution in [3.8, 4) is 6.07 Å². The molecule has 2 amide bonds. The number of hydrogen-bond donors (Lipinski definition) is 1. The molecule has 3 rings (SSSR count). The van der Waals surface area contributed by atoms with Crippen LogP contribution in [0.3, 0.4) is 0 Å². The van der Waals surface area contributed by atoms with E-state index in [-0.39, 0.29) is 6.03 Å². The zero-order chi connectivity index (χ0) is 17.5. The Balaban J connectivity index is 1.46. The van der Waals surface area contributed by atoms with Gasteiger partial charge < -0.3 is 15.0 Å². The van der Waals surface area contributed by atoms with Gasteiger partial charge in [0.05, 0.1) is 24.5 Å². The Kier molecular flexibility index (Phi) is 5.65. The van der Waals surface area contributed by atoms with E-state index >= 15 is 0 Å². The second-order valence-electron chi connectivity index (χ2n) is 6.19. The minimum Gasteiger partial charge on any atom is -0.376 e. The maximum absolute atomic E-state index is 12.4. The van der Waals surface area contributed by atoms with Gasteiger partial charge in [-0.15, -0.1) is 0 Å². The Morgan fingerprint density at radius 2 is 1.96 bits per heavy atom. The fraction of sp³-hybridized carbons (Fsp3) is 0.300. The van der Waals surface area contributed by atoms with Crippen molar-refractivity contribution in [2.24, 2.45) is 5.92 Å². The number of carbonyl (C=O) groups is 1. The quantitative estimate of drug-likeness (QED) is 0.907. The summed E-state index contributed by atoms with van der Waals surface area (Å²) in [7, 11) is 0. The summed E-state index contributed by atoms with van der Waals surface area (Å²) in [5, 5.41) is 11.9. The van der Waals surface area contributed by atoms with Gasteiger partial charge in [0.1, 0.15) is 6.07 Å². The SMILES string of the molecule is N#Cc1ccccc1NC(=O)N1CC[C@H](COCc2ccccc2)C1. The molecule has 2 aromatic carbocycles. The van der Waals surface area contributed by atoms with Crippen LogP contribution in [0.5, 0.6) is 0 Å². The molecule has 1 fully saturated rings. The van der Waals surface area contributed by atoms with Crippen LogP contribution in [0.25, 0.3) is 0 Å². The van der Waals surface area contributed by atoms with Crippen molar-refractivity contribution in [3.05, 3.63) is 65.7 Å². The van der Waals surface area contributed by atoms with Gasteiger partial charge in [-0.1, -0.05) is 42.5 Å². The minimum absolute atomic E-state index is 0.159. The smallest absolute Gasteiger partial charge is 0.321 e. The lowest BCUT2D eigenvalue weighted by Gasteiger charge is -2.18. The van der Waals surface area contributed by atoms with Crippen LogP contribution in [0.4, 0.5) is 10.5 Å². The van der Waals surface area contributed by atoms with E-state index in [0.717, 1.165) is 12.0 Å². The van der Waals surface area contributed by atoms with Crippen LogP contribution in [-0.4, -0.2) is 30.6 Å². The van der Waals surface area contributed by atoms with Crippen LogP contribution in [-0.2, 0) is 11.3 Å². The molecule has 0 spiro atoms. The van der Waals surface area contributed by atoms with Crippen molar-refractivity contribution in [1.29, 1.82) is 5.26 Å². The molecule has 0 radical (unpaired) electrons. The molecule has 1 heterocycles. The van der Waals surface area contributed by atoms with Gasteiger partial charge in [-0.05, 0) is 24.1 Å². The highest BCUT2D eigenvalue weighted by molar-refractivity contribution is 5.90. The number of benzene rings is 2. The van der Waals surface area contributed by atoms with Crippen molar-refractivity contribution in [1.82, 2.24) is 4.90 Å². The van der Waals surface area contributed by atoms with Gasteiger partial charge in [0.2, 0.25) is 0 Å². The summed E-state index contributed by atoms with van der Waals surface area (Å²) in [6.45, 7) is 2.63. The minimum atomic E-state index is -0.159. The zero-order valence-corrected chi connectivity index (χ0v) is 14.0. The Labute approximate surface area is 147 Å². The average Bonchev–Trinajstić information content (AvgIpc) is 3.12.